The number of likely N-dealkylation sites (tertiary alicyclic amines) is 1. The molecule has 1 saturated carbocycles. The lowest BCUT2D eigenvalue weighted by Gasteiger charge is -2.22. The molecule has 0 bridgehead atoms. The number of imide groups is 1. The van der Waals surface area contributed by atoms with Crippen LogP contribution in [0.2, 0.25) is 0 Å². The Morgan fingerprint density at radius 3 is 2.04 bits per heavy atom. The first-order chi connectivity index (χ1) is 13.7. The summed E-state index contributed by atoms with van der Waals surface area (Å²) < 4.78 is 6.07. The van der Waals surface area contributed by atoms with Gasteiger partial charge in [-0.05, 0) is 24.0 Å². The molecule has 2 aromatic carbocycles. The van der Waals surface area contributed by atoms with Gasteiger partial charge in [0.15, 0.2) is 0 Å². The van der Waals surface area contributed by atoms with Crippen molar-refractivity contribution in [3.8, 4) is 0 Å². The Kier molecular flexibility index (Phi) is 4.52. The molecule has 0 spiro atoms. The molecule has 0 N–H and O–H groups in total. The van der Waals surface area contributed by atoms with Crippen LogP contribution in [0.25, 0.3) is 0 Å². The largest absolute Gasteiger partial charge is 0.364 e. The minimum absolute atomic E-state index is 0.000501. The van der Waals surface area contributed by atoms with Gasteiger partial charge in [-0.25, -0.2) is 0 Å². The molecule has 3 fully saturated rings. The van der Waals surface area contributed by atoms with E-state index in [4.69, 9.17) is 4.74 Å². The van der Waals surface area contributed by atoms with Gasteiger partial charge in [0, 0.05) is 12.5 Å². The van der Waals surface area contributed by atoms with Gasteiger partial charge < -0.3 is 4.74 Å². The van der Waals surface area contributed by atoms with Gasteiger partial charge in [-0.3, -0.25) is 14.5 Å². The molecule has 2 saturated heterocycles. The summed E-state index contributed by atoms with van der Waals surface area (Å²) in [7, 11) is 0. The first-order valence-corrected chi connectivity index (χ1v) is 10.3. The molecule has 5 atom stereocenters. The average molecular weight is 375 g/mol. The first kappa shape index (κ1) is 17.6. The van der Waals surface area contributed by atoms with Gasteiger partial charge in [0.05, 0.1) is 17.9 Å². The Hall–Kier alpha value is -2.46. The zero-order valence-corrected chi connectivity index (χ0v) is 15.9. The van der Waals surface area contributed by atoms with Crippen molar-refractivity contribution in [3.63, 3.8) is 0 Å². The molecule has 4 nitrogen and oxygen atoms in total. The fourth-order valence-corrected chi connectivity index (χ4v) is 5.05. The van der Waals surface area contributed by atoms with E-state index < -0.39 is 0 Å². The molecule has 28 heavy (non-hydrogen) atoms. The number of rotatable bonds is 5. The highest BCUT2D eigenvalue weighted by molar-refractivity contribution is 6.05. The first-order valence-electron chi connectivity index (χ1n) is 10.3. The Labute approximate surface area is 165 Å². The standard InChI is InChI=1S/C24H25NO3/c26-23-18-13-7-8-14-19(18)24(27)25(23)15-20(16-9-3-1-4-10-16)22-21(28-22)17-11-5-2-6-12-17/h1-6,9-12,18-22H,7-8,13-15H2. The van der Waals surface area contributed by atoms with Crippen LogP contribution in [0.15, 0.2) is 60.7 Å². The molecular formula is C24H25NO3. The molecule has 5 unspecified atom stereocenters. The zero-order valence-electron chi connectivity index (χ0n) is 15.9. The summed E-state index contributed by atoms with van der Waals surface area (Å²) in [6.45, 7) is 0.419. The second-order valence-corrected chi connectivity index (χ2v) is 8.23. The summed E-state index contributed by atoms with van der Waals surface area (Å²) in [4.78, 5) is 27.5. The lowest BCUT2D eigenvalue weighted by molar-refractivity contribution is -0.140. The van der Waals surface area contributed by atoms with Gasteiger partial charge in [0.2, 0.25) is 11.8 Å². The van der Waals surface area contributed by atoms with E-state index in [1.165, 1.54) is 0 Å². The van der Waals surface area contributed by atoms with Crippen LogP contribution in [-0.2, 0) is 14.3 Å². The SMILES string of the molecule is O=C1C2CCCCC2C(=O)N1CC(c1ccccc1)C1OC1c1ccccc1. The van der Waals surface area contributed by atoms with Crippen LogP contribution in [0.4, 0.5) is 0 Å². The predicted octanol–water partition coefficient (Wildman–Crippen LogP) is 4.09. The van der Waals surface area contributed by atoms with Gasteiger partial charge in [0.1, 0.15) is 6.10 Å². The van der Waals surface area contributed by atoms with Crippen LogP contribution in [0.5, 0.6) is 0 Å². The molecule has 1 aliphatic carbocycles. The van der Waals surface area contributed by atoms with E-state index in [1.54, 1.807) is 4.90 Å². The molecule has 2 heterocycles. The van der Waals surface area contributed by atoms with Gasteiger partial charge in [-0.15, -0.1) is 0 Å². The van der Waals surface area contributed by atoms with Crippen molar-refractivity contribution in [1.29, 1.82) is 0 Å². The minimum Gasteiger partial charge on any atom is -0.364 e. The van der Waals surface area contributed by atoms with Crippen molar-refractivity contribution in [2.45, 2.75) is 43.8 Å². The normalized spacial score (nSPS) is 30.2. The van der Waals surface area contributed by atoms with E-state index in [2.05, 4.69) is 24.3 Å². The molecular weight excluding hydrogens is 350 g/mol. The Morgan fingerprint density at radius 2 is 1.43 bits per heavy atom. The average Bonchev–Trinajstić information content (AvgIpc) is 3.51. The van der Waals surface area contributed by atoms with Crippen molar-refractivity contribution in [1.82, 2.24) is 4.90 Å². The monoisotopic (exact) mass is 375 g/mol. The van der Waals surface area contributed by atoms with E-state index >= 15 is 0 Å². The maximum absolute atomic E-state index is 13.0. The summed E-state index contributed by atoms with van der Waals surface area (Å²) in [5, 5.41) is 0. The van der Waals surface area contributed by atoms with Crippen LogP contribution in [-0.4, -0.2) is 29.4 Å². The molecule has 5 rings (SSSR count). The molecule has 2 aliphatic heterocycles. The van der Waals surface area contributed by atoms with Crippen LogP contribution < -0.4 is 0 Å². The van der Waals surface area contributed by atoms with Crippen LogP contribution in [0.1, 0.15) is 48.8 Å². The van der Waals surface area contributed by atoms with Gasteiger partial charge in [-0.2, -0.15) is 0 Å². The quantitative estimate of drug-likeness (QED) is 0.584. The Bertz CT molecular complexity index is 842. The molecule has 4 heteroatoms. The highest BCUT2D eigenvalue weighted by Crippen LogP contribution is 2.48. The summed E-state index contributed by atoms with van der Waals surface area (Å²) >= 11 is 0. The fraction of sp³-hybridized carbons (Fsp3) is 0.417. The summed E-state index contributed by atoms with van der Waals surface area (Å²) in [6, 6.07) is 20.3. The second-order valence-electron chi connectivity index (χ2n) is 8.23. The maximum atomic E-state index is 13.0. The van der Waals surface area contributed by atoms with Crippen molar-refractivity contribution in [3.05, 3.63) is 71.8 Å². The van der Waals surface area contributed by atoms with Crippen LogP contribution in [0, 0.1) is 11.8 Å². The van der Waals surface area contributed by atoms with E-state index in [9.17, 15) is 9.59 Å². The molecule has 0 aromatic heterocycles. The van der Waals surface area contributed by atoms with Gasteiger partial charge in [0.25, 0.3) is 0 Å². The summed E-state index contributed by atoms with van der Waals surface area (Å²) in [5.74, 6) is -0.120. The lowest BCUT2D eigenvalue weighted by atomic mass is 9.81. The van der Waals surface area contributed by atoms with Crippen molar-refractivity contribution < 1.29 is 14.3 Å². The number of carbonyl (C=O) groups is 2. The number of fused-ring (bicyclic) bond motifs is 1. The van der Waals surface area contributed by atoms with Crippen molar-refractivity contribution in [2.24, 2.45) is 11.8 Å². The number of nitrogens with zero attached hydrogens (tertiary/aromatic N) is 1. The minimum atomic E-state index is -0.0947. The Balaban J connectivity index is 1.40. The molecule has 2 aromatic rings. The molecule has 0 radical (unpaired) electrons. The zero-order chi connectivity index (χ0) is 19.1. The van der Waals surface area contributed by atoms with Crippen molar-refractivity contribution in [2.75, 3.05) is 6.54 Å². The van der Waals surface area contributed by atoms with Gasteiger partial charge >= 0.3 is 0 Å². The Morgan fingerprint density at radius 1 is 0.857 bits per heavy atom. The van der Waals surface area contributed by atoms with E-state index in [0.29, 0.717) is 6.54 Å². The molecule has 144 valence electrons. The number of epoxide rings is 1. The maximum Gasteiger partial charge on any atom is 0.233 e. The lowest BCUT2D eigenvalue weighted by Crippen LogP contribution is -2.36. The molecule has 2 amide bonds. The van der Waals surface area contributed by atoms with Crippen molar-refractivity contribution >= 4 is 11.8 Å². The highest BCUT2D eigenvalue weighted by atomic mass is 16.6. The number of carbonyl (C=O) groups excluding carboxylic acids is 2. The van der Waals surface area contributed by atoms with Gasteiger partial charge in [-0.1, -0.05) is 73.5 Å². The topological polar surface area (TPSA) is 49.9 Å². The smallest absolute Gasteiger partial charge is 0.233 e. The second kappa shape index (κ2) is 7.17. The number of benzene rings is 2. The summed E-state index contributed by atoms with van der Waals surface area (Å²) in [6.07, 6.45) is 3.84. The summed E-state index contributed by atoms with van der Waals surface area (Å²) in [5.41, 5.74) is 2.28. The third kappa shape index (κ3) is 3.06. The molecule has 3 aliphatic rings. The fourth-order valence-electron chi connectivity index (χ4n) is 5.05. The van der Waals surface area contributed by atoms with E-state index in [1.807, 2.05) is 36.4 Å². The predicted molar refractivity (Wildman–Crippen MR) is 105 cm³/mol. The van der Waals surface area contributed by atoms with Crippen LogP contribution in [0.3, 0.4) is 0 Å². The number of ether oxygens (including phenoxy) is 1. The van der Waals surface area contributed by atoms with Crippen LogP contribution >= 0.6 is 0 Å². The highest BCUT2D eigenvalue weighted by Gasteiger charge is 2.52. The third-order valence-corrected chi connectivity index (χ3v) is 6.59. The van der Waals surface area contributed by atoms with E-state index in [0.717, 1.165) is 36.8 Å². The number of hydrogen-bond acceptors (Lipinski definition) is 3. The number of hydrogen-bond donors (Lipinski definition) is 0. The van der Waals surface area contributed by atoms with E-state index in [-0.39, 0.29) is 41.8 Å². The third-order valence-electron chi connectivity index (χ3n) is 6.59. The number of amides is 2.